The third kappa shape index (κ3) is 157. The van der Waals surface area contributed by atoms with Crippen LogP contribution in [0.3, 0.4) is 0 Å². The van der Waals surface area contributed by atoms with Crippen molar-refractivity contribution < 1.29 is 23.9 Å². The number of hydrogen-bond donors (Lipinski definition) is 2. The number of hydrogen-bond acceptors (Lipinski definition) is 3. The summed E-state index contributed by atoms with van der Waals surface area (Å²) >= 11 is 0. The minimum absolute atomic E-state index is 0.211. The Labute approximate surface area is 79.7 Å². The van der Waals surface area contributed by atoms with Crippen LogP contribution in [0.2, 0.25) is 0 Å². The smallest absolute Gasteiger partial charge is 0.314 e. The maximum atomic E-state index is 9.82. The van der Waals surface area contributed by atoms with Gasteiger partial charge in [-0.3, -0.25) is 9.36 Å². The number of ether oxygens (including phenoxy) is 1. The van der Waals surface area contributed by atoms with Crippen molar-refractivity contribution in [2.75, 3.05) is 6.61 Å². The van der Waals surface area contributed by atoms with E-state index >= 15 is 0 Å². The lowest BCUT2D eigenvalue weighted by Gasteiger charge is -1.89. The summed E-state index contributed by atoms with van der Waals surface area (Å²) in [5.41, 5.74) is 0. The minimum Gasteiger partial charge on any atom is -0.466 e. The van der Waals surface area contributed by atoms with Crippen LogP contribution in [0.25, 0.3) is 0 Å². The Hall–Kier alpha value is -0.380. The van der Waals surface area contributed by atoms with Crippen LogP contribution < -0.4 is 0 Å². The summed E-state index contributed by atoms with van der Waals surface area (Å²) in [4.78, 5) is 24.1. The standard InChI is InChI=1S/C4H8O2.C3H8.H3O3P/c1-3-6-4(2)5;1-3-2;1-4(2)3/h3H2,1-2H3;3H2,1-2H3;4H,(H2,1,2,3). The van der Waals surface area contributed by atoms with E-state index in [0.717, 1.165) is 0 Å². The highest BCUT2D eigenvalue weighted by Gasteiger charge is 1.81. The second-order valence-electron chi connectivity index (χ2n) is 1.91. The quantitative estimate of drug-likeness (QED) is 0.508. The third-order valence-electron chi connectivity index (χ3n) is 0.348. The Kier molecular flexibility index (Phi) is 25.0. The van der Waals surface area contributed by atoms with Crippen LogP contribution in [-0.4, -0.2) is 22.4 Å². The fourth-order valence-electron chi connectivity index (χ4n) is 0.203. The van der Waals surface area contributed by atoms with Gasteiger partial charge in [0.25, 0.3) is 0 Å². The molecule has 6 heteroatoms. The van der Waals surface area contributed by atoms with Crippen molar-refractivity contribution >= 4 is 14.2 Å². The first-order chi connectivity index (χ1) is 5.92. The topological polar surface area (TPSA) is 83.8 Å². The summed E-state index contributed by atoms with van der Waals surface area (Å²) in [6.45, 7) is 7.90. The lowest BCUT2D eigenvalue weighted by atomic mass is 10.6. The Morgan fingerprint density at radius 1 is 1.31 bits per heavy atom. The fourth-order valence-corrected chi connectivity index (χ4v) is 0.203. The van der Waals surface area contributed by atoms with Gasteiger partial charge in [-0.05, 0) is 6.92 Å². The molecule has 0 aliphatic heterocycles. The minimum atomic E-state index is -3.13. The lowest BCUT2D eigenvalue weighted by Crippen LogP contribution is -1.95. The molecule has 0 heterocycles. The monoisotopic (exact) mass is 214 g/mol. The summed E-state index contributed by atoms with van der Waals surface area (Å²) in [5, 5.41) is 0. The van der Waals surface area contributed by atoms with Gasteiger partial charge >= 0.3 is 14.2 Å². The molecule has 0 aliphatic carbocycles. The molecule has 0 aromatic rings. The van der Waals surface area contributed by atoms with Crippen molar-refractivity contribution in [2.45, 2.75) is 34.1 Å². The maximum Gasteiger partial charge on any atom is 0.314 e. The number of carbonyl (C=O) groups excluding carboxylic acids is 1. The molecule has 0 aromatic carbocycles. The van der Waals surface area contributed by atoms with Gasteiger partial charge in [0, 0.05) is 6.92 Å². The van der Waals surface area contributed by atoms with E-state index in [1.807, 2.05) is 0 Å². The normalized spacial score (nSPS) is 7.62. The molecule has 82 valence electrons. The van der Waals surface area contributed by atoms with Crippen LogP contribution in [-0.2, 0) is 14.1 Å². The predicted octanol–water partition coefficient (Wildman–Crippen LogP) is 1.35. The summed E-state index contributed by atoms with van der Waals surface area (Å²) in [6.07, 6.45) is 1.25. The zero-order chi connectivity index (χ0) is 11.3. The van der Waals surface area contributed by atoms with Gasteiger partial charge in [0.15, 0.2) is 0 Å². The van der Waals surface area contributed by atoms with E-state index in [2.05, 4.69) is 18.6 Å². The highest BCUT2D eigenvalue weighted by molar-refractivity contribution is 7.30. The van der Waals surface area contributed by atoms with Crippen LogP contribution in [0.15, 0.2) is 0 Å². The van der Waals surface area contributed by atoms with Crippen molar-refractivity contribution in [3.63, 3.8) is 0 Å². The molecule has 0 bridgehead atoms. The van der Waals surface area contributed by atoms with E-state index in [0.29, 0.717) is 6.61 Å². The molecular formula is C7H19O5P. The average Bonchev–Trinajstić information content (AvgIpc) is 1.86. The van der Waals surface area contributed by atoms with Gasteiger partial charge in [0.2, 0.25) is 0 Å². The highest BCUT2D eigenvalue weighted by atomic mass is 31.1. The molecule has 0 fully saturated rings. The molecule has 0 rings (SSSR count). The first-order valence-corrected chi connectivity index (χ1v) is 5.27. The summed E-state index contributed by atoms with van der Waals surface area (Å²) in [5.74, 6) is -0.211. The van der Waals surface area contributed by atoms with Crippen LogP contribution in [0, 0.1) is 0 Å². The van der Waals surface area contributed by atoms with E-state index in [1.54, 1.807) is 6.92 Å². The Morgan fingerprint density at radius 2 is 1.54 bits per heavy atom. The third-order valence-corrected chi connectivity index (χ3v) is 0.348. The summed E-state index contributed by atoms with van der Waals surface area (Å²) in [6, 6.07) is 0. The molecule has 5 nitrogen and oxygen atoms in total. The van der Waals surface area contributed by atoms with Gasteiger partial charge < -0.3 is 14.5 Å². The zero-order valence-corrected chi connectivity index (χ0v) is 9.53. The number of rotatable bonds is 1. The van der Waals surface area contributed by atoms with E-state index in [4.69, 9.17) is 14.4 Å². The Bertz CT molecular complexity index is 122. The van der Waals surface area contributed by atoms with Crippen molar-refractivity contribution in [3.05, 3.63) is 0 Å². The molecule has 0 aromatic heterocycles. The van der Waals surface area contributed by atoms with E-state index in [9.17, 15) is 4.79 Å². The molecule has 0 saturated heterocycles. The second kappa shape index (κ2) is 17.6. The number of esters is 1. The SMILES string of the molecule is CCC.CCOC(C)=O.O=[PH](O)O. The predicted molar refractivity (Wildman–Crippen MR) is 51.7 cm³/mol. The van der Waals surface area contributed by atoms with Crippen molar-refractivity contribution in [1.82, 2.24) is 0 Å². The second-order valence-corrected chi connectivity index (χ2v) is 2.48. The first kappa shape index (κ1) is 18.4. The Balaban J connectivity index is -0.000000125. The van der Waals surface area contributed by atoms with Crippen molar-refractivity contribution in [2.24, 2.45) is 0 Å². The molecule has 0 amide bonds. The van der Waals surface area contributed by atoms with Crippen LogP contribution in [0.4, 0.5) is 0 Å². The van der Waals surface area contributed by atoms with E-state index in [1.165, 1.54) is 13.3 Å². The summed E-state index contributed by atoms with van der Waals surface area (Å²) in [7, 11) is -3.13. The average molecular weight is 214 g/mol. The van der Waals surface area contributed by atoms with Crippen molar-refractivity contribution in [1.29, 1.82) is 0 Å². The lowest BCUT2D eigenvalue weighted by molar-refractivity contribution is -0.140. The molecular weight excluding hydrogens is 195 g/mol. The Morgan fingerprint density at radius 3 is 1.54 bits per heavy atom. The zero-order valence-electron chi connectivity index (χ0n) is 8.53. The van der Waals surface area contributed by atoms with Gasteiger partial charge in [-0.15, -0.1) is 0 Å². The largest absolute Gasteiger partial charge is 0.466 e. The number of carbonyl (C=O) groups is 1. The molecule has 13 heavy (non-hydrogen) atoms. The molecule has 2 N–H and O–H groups in total. The van der Waals surface area contributed by atoms with Gasteiger partial charge in [-0.1, -0.05) is 20.3 Å². The fraction of sp³-hybridized carbons (Fsp3) is 0.857. The van der Waals surface area contributed by atoms with Crippen LogP contribution in [0.5, 0.6) is 0 Å². The molecule has 0 unspecified atom stereocenters. The van der Waals surface area contributed by atoms with E-state index < -0.39 is 8.25 Å². The van der Waals surface area contributed by atoms with Gasteiger partial charge in [0.1, 0.15) is 0 Å². The molecule has 0 radical (unpaired) electrons. The maximum absolute atomic E-state index is 9.82. The first-order valence-electron chi connectivity index (χ1n) is 3.97. The van der Waals surface area contributed by atoms with Gasteiger partial charge in [0.05, 0.1) is 6.61 Å². The van der Waals surface area contributed by atoms with E-state index in [-0.39, 0.29) is 5.97 Å². The molecule has 0 saturated carbocycles. The van der Waals surface area contributed by atoms with Gasteiger partial charge in [-0.2, -0.15) is 0 Å². The highest BCUT2D eigenvalue weighted by Crippen LogP contribution is 1.98. The summed E-state index contributed by atoms with van der Waals surface area (Å²) < 4.78 is 13.1. The van der Waals surface area contributed by atoms with Crippen LogP contribution >= 0.6 is 8.25 Å². The molecule has 0 atom stereocenters. The van der Waals surface area contributed by atoms with Gasteiger partial charge in [-0.25, -0.2) is 0 Å². The molecule has 0 spiro atoms. The molecule has 0 aliphatic rings. The van der Waals surface area contributed by atoms with Crippen LogP contribution in [0.1, 0.15) is 34.1 Å². The van der Waals surface area contributed by atoms with Crippen molar-refractivity contribution in [3.8, 4) is 0 Å².